The van der Waals surface area contributed by atoms with Crippen molar-refractivity contribution in [1.82, 2.24) is 4.90 Å². The van der Waals surface area contributed by atoms with E-state index >= 15 is 0 Å². The summed E-state index contributed by atoms with van der Waals surface area (Å²) < 4.78 is 0. The van der Waals surface area contributed by atoms with Gasteiger partial charge in [0, 0.05) is 12.6 Å². The maximum Gasteiger partial charge on any atom is 0.00897 e. The van der Waals surface area contributed by atoms with E-state index in [1.807, 2.05) is 0 Å². The van der Waals surface area contributed by atoms with Gasteiger partial charge in [0.15, 0.2) is 0 Å². The second kappa shape index (κ2) is 4.65. The fraction of sp³-hybridized carbons (Fsp3) is 1.00. The molecule has 1 nitrogen and oxygen atoms in total. The Morgan fingerprint density at radius 2 is 1.73 bits per heavy atom. The summed E-state index contributed by atoms with van der Waals surface area (Å²) in [5.74, 6) is 1.78. The van der Waals surface area contributed by atoms with Crippen LogP contribution in [0.1, 0.15) is 27.2 Å². The maximum atomic E-state index is 2.47. The van der Waals surface area contributed by atoms with Gasteiger partial charge in [-0.2, -0.15) is 0 Å². The number of nitrogens with zero attached hydrogens (tertiary/aromatic N) is 1. The number of hydrogen-bond donors (Lipinski definition) is 0. The Hall–Kier alpha value is 0.690. The molecule has 0 radical (unpaired) electrons. The second-order valence-electron chi connectivity index (χ2n) is 4.00. The van der Waals surface area contributed by atoms with Gasteiger partial charge in [-0.05, 0) is 32.2 Å². The van der Waals surface area contributed by atoms with E-state index in [1.54, 1.807) is 0 Å². The molecule has 3 atom stereocenters. The number of rotatable bonds is 0. The molecule has 0 aliphatic carbocycles. The Kier molecular flexibility index (Phi) is 4.94. The first-order chi connectivity index (χ1) is 4.61. The van der Waals surface area contributed by atoms with Crippen molar-refractivity contribution in [3.8, 4) is 0 Å². The average Bonchev–Trinajstić information content (AvgIpc) is 1.82. The molecule has 68 valence electrons. The van der Waals surface area contributed by atoms with Gasteiger partial charge in [-0.25, -0.2) is 0 Å². The molecular weight excluding hydrogens is 249 g/mol. The molecule has 0 aromatic carbocycles. The molecule has 1 aliphatic heterocycles. The summed E-state index contributed by atoms with van der Waals surface area (Å²) in [5, 5.41) is 0. The monoisotopic (exact) mass is 269 g/mol. The molecule has 0 aromatic heterocycles. The van der Waals surface area contributed by atoms with Gasteiger partial charge in [0.05, 0.1) is 0 Å². The van der Waals surface area contributed by atoms with Gasteiger partial charge in [-0.3, -0.25) is 0 Å². The van der Waals surface area contributed by atoms with Gasteiger partial charge in [0.2, 0.25) is 0 Å². The Labute approximate surface area is 87.6 Å². The second-order valence-corrected chi connectivity index (χ2v) is 4.00. The van der Waals surface area contributed by atoms with Crippen LogP contribution in [0, 0.1) is 11.8 Å². The molecule has 0 saturated carbocycles. The minimum atomic E-state index is 0. The van der Waals surface area contributed by atoms with Crippen LogP contribution in [0.4, 0.5) is 0 Å². The van der Waals surface area contributed by atoms with Gasteiger partial charge in [-0.1, -0.05) is 13.8 Å². The summed E-state index contributed by atoms with van der Waals surface area (Å²) in [6.07, 6.45) is 1.41. The molecular formula is C9H20IN. The van der Waals surface area contributed by atoms with Crippen LogP contribution < -0.4 is 0 Å². The molecule has 0 spiro atoms. The summed E-state index contributed by atoms with van der Waals surface area (Å²) in [5.41, 5.74) is 0. The van der Waals surface area contributed by atoms with E-state index in [2.05, 4.69) is 32.7 Å². The van der Waals surface area contributed by atoms with Crippen LogP contribution in [0.25, 0.3) is 0 Å². The van der Waals surface area contributed by atoms with Crippen molar-refractivity contribution in [2.75, 3.05) is 13.6 Å². The van der Waals surface area contributed by atoms with Crippen LogP contribution >= 0.6 is 24.0 Å². The van der Waals surface area contributed by atoms with Crippen LogP contribution in [-0.2, 0) is 0 Å². The van der Waals surface area contributed by atoms with Crippen molar-refractivity contribution in [3.63, 3.8) is 0 Å². The van der Waals surface area contributed by atoms with E-state index in [0.29, 0.717) is 0 Å². The van der Waals surface area contributed by atoms with E-state index in [9.17, 15) is 0 Å². The zero-order chi connectivity index (χ0) is 7.72. The molecule has 11 heavy (non-hydrogen) atoms. The number of piperidine rings is 1. The summed E-state index contributed by atoms with van der Waals surface area (Å²) >= 11 is 0. The van der Waals surface area contributed by atoms with Crippen molar-refractivity contribution < 1.29 is 0 Å². The molecule has 1 heterocycles. The van der Waals surface area contributed by atoms with Crippen LogP contribution in [0.2, 0.25) is 0 Å². The molecule has 0 amide bonds. The summed E-state index contributed by atoms with van der Waals surface area (Å²) in [4.78, 5) is 2.47. The van der Waals surface area contributed by atoms with Gasteiger partial charge >= 0.3 is 0 Å². The minimum absolute atomic E-state index is 0. The molecule has 1 aliphatic rings. The standard InChI is InChI=1S/C9H19N.HI/c1-7-5-8(2)9(3)10(4)6-7;/h7-9H,5-6H2,1-4H3;1H. The van der Waals surface area contributed by atoms with Crippen molar-refractivity contribution >= 4 is 24.0 Å². The molecule has 1 saturated heterocycles. The lowest BCUT2D eigenvalue weighted by atomic mass is 9.86. The van der Waals surface area contributed by atoms with Crippen molar-refractivity contribution in [1.29, 1.82) is 0 Å². The lowest BCUT2D eigenvalue weighted by molar-refractivity contribution is 0.106. The highest BCUT2D eigenvalue weighted by Gasteiger charge is 2.25. The third-order valence-electron chi connectivity index (χ3n) is 2.89. The van der Waals surface area contributed by atoms with Crippen LogP contribution in [0.15, 0.2) is 0 Å². The first kappa shape index (κ1) is 11.7. The molecule has 0 aromatic rings. The van der Waals surface area contributed by atoms with Gasteiger partial charge < -0.3 is 4.90 Å². The molecule has 3 unspecified atom stereocenters. The van der Waals surface area contributed by atoms with Crippen LogP contribution in [0.3, 0.4) is 0 Å². The van der Waals surface area contributed by atoms with Gasteiger partial charge in [0.1, 0.15) is 0 Å². The fourth-order valence-corrected chi connectivity index (χ4v) is 2.00. The Bertz CT molecular complexity index is 104. The SMILES string of the molecule is CC1CC(C)C(C)N(C)C1.I. The maximum absolute atomic E-state index is 2.47. The third-order valence-corrected chi connectivity index (χ3v) is 2.89. The Morgan fingerprint density at radius 1 is 1.18 bits per heavy atom. The van der Waals surface area contributed by atoms with Gasteiger partial charge in [-0.15, -0.1) is 24.0 Å². The first-order valence-electron chi connectivity index (χ1n) is 4.31. The van der Waals surface area contributed by atoms with E-state index in [1.165, 1.54) is 13.0 Å². The van der Waals surface area contributed by atoms with E-state index in [4.69, 9.17) is 0 Å². The highest BCUT2D eigenvalue weighted by molar-refractivity contribution is 14.0. The average molecular weight is 269 g/mol. The predicted molar refractivity (Wildman–Crippen MR) is 60.5 cm³/mol. The van der Waals surface area contributed by atoms with E-state index in [0.717, 1.165) is 17.9 Å². The topological polar surface area (TPSA) is 3.24 Å². The summed E-state index contributed by atoms with van der Waals surface area (Å²) in [7, 11) is 2.23. The molecule has 0 N–H and O–H groups in total. The fourth-order valence-electron chi connectivity index (χ4n) is 2.00. The Morgan fingerprint density at radius 3 is 2.18 bits per heavy atom. The van der Waals surface area contributed by atoms with Crippen LogP contribution in [-0.4, -0.2) is 24.5 Å². The van der Waals surface area contributed by atoms with Crippen molar-refractivity contribution in [2.45, 2.75) is 33.2 Å². The Balaban J connectivity index is 0.000001000. The van der Waals surface area contributed by atoms with Crippen LogP contribution in [0.5, 0.6) is 0 Å². The number of likely N-dealkylation sites (tertiary alicyclic amines) is 1. The third kappa shape index (κ3) is 2.90. The van der Waals surface area contributed by atoms with Crippen molar-refractivity contribution in [2.24, 2.45) is 11.8 Å². The first-order valence-corrected chi connectivity index (χ1v) is 4.31. The quantitative estimate of drug-likeness (QED) is 0.611. The molecule has 2 heteroatoms. The van der Waals surface area contributed by atoms with Gasteiger partial charge in [0.25, 0.3) is 0 Å². The summed E-state index contributed by atoms with van der Waals surface area (Å²) in [6, 6.07) is 0.788. The van der Waals surface area contributed by atoms with E-state index in [-0.39, 0.29) is 24.0 Å². The smallest absolute Gasteiger partial charge is 0.00897 e. The zero-order valence-corrected chi connectivity index (χ0v) is 10.3. The highest BCUT2D eigenvalue weighted by atomic mass is 127. The number of hydrogen-bond acceptors (Lipinski definition) is 1. The molecule has 1 fully saturated rings. The summed E-state index contributed by atoms with van der Waals surface area (Å²) in [6.45, 7) is 8.32. The lowest BCUT2D eigenvalue weighted by Crippen LogP contribution is -2.42. The van der Waals surface area contributed by atoms with E-state index < -0.39 is 0 Å². The zero-order valence-electron chi connectivity index (χ0n) is 8.00. The highest BCUT2D eigenvalue weighted by Crippen LogP contribution is 2.24. The number of halogens is 1. The predicted octanol–water partition coefficient (Wildman–Crippen LogP) is 2.60. The largest absolute Gasteiger partial charge is 0.303 e. The minimum Gasteiger partial charge on any atom is -0.303 e. The molecule has 0 bridgehead atoms. The molecule has 1 rings (SSSR count). The van der Waals surface area contributed by atoms with Crippen molar-refractivity contribution in [3.05, 3.63) is 0 Å². The lowest BCUT2D eigenvalue weighted by Gasteiger charge is -2.38. The normalized spacial score (nSPS) is 39.8.